The first-order valence-corrected chi connectivity index (χ1v) is 4.19. The van der Waals surface area contributed by atoms with Crippen molar-refractivity contribution >= 4 is 15.9 Å². The number of hydrogen-bond acceptors (Lipinski definition) is 3. The Hall–Kier alpha value is -0.320. The predicted octanol–water partition coefficient (Wildman–Crippen LogP) is 1.26. The third-order valence-electron chi connectivity index (χ3n) is 1.55. The molecule has 1 unspecified atom stereocenters. The second-order valence-electron chi connectivity index (χ2n) is 2.21. The first-order chi connectivity index (χ1) is 5.29. The molecule has 0 amide bonds. The number of furan rings is 1. The minimum Gasteiger partial charge on any atom is -0.466 e. The molecule has 0 aromatic carbocycles. The molecule has 1 heterocycles. The van der Waals surface area contributed by atoms with Gasteiger partial charge in [0, 0.05) is 6.54 Å². The molecule has 0 radical (unpaired) electrons. The number of rotatable bonds is 3. The number of hydrogen-bond donors (Lipinski definition) is 2. The van der Waals surface area contributed by atoms with E-state index in [-0.39, 0.29) is 6.04 Å². The van der Waals surface area contributed by atoms with Crippen molar-refractivity contribution in [2.75, 3.05) is 13.6 Å². The van der Waals surface area contributed by atoms with E-state index >= 15 is 0 Å². The van der Waals surface area contributed by atoms with Gasteiger partial charge in [0.2, 0.25) is 0 Å². The van der Waals surface area contributed by atoms with Gasteiger partial charge >= 0.3 is 0 Å². The van der Waals surface area contributed by atoms with Crippen LogP contribution >= 0.6 is 15.9 Å². The van der Waals surface area contributed by atoms with Crippen molar-refractivity contribution in [3.63, 3.8) is 0 Å². The molecule has 62 valence electrons. The Morgan fingerprint density at radius 1 is 1.82 bits per heavy atom. The Balaban J connectivity index is 2.81. The molecule has 0 aliphatic heterocycles. The van der Waals surface area contributed by atoms with Crippen LogP contribution in [0.5, 0.6) is 0 Å². The van der Waals surface area contributed by atoms with Crippen molar-refractivity contribution in [3.05, 3.63) is 22.6 Å². The van der Waals surface area contributed by atoms with Crippen molar-refractivity contribution in [1.29, 1.82) is 0 Å². The van der Waals surface area contributed by atoms with Crippen molar-refractivity contribution < 1.29 is 4.42 Å². The molecule has 3 nitrogen and oxygen atoms in total. The highest BCUT2D eigenvalue weighted by Gasteiger charge is 2.13. The lowest BCUT2D eigenvalue weighted by molar-refractivity contribution is 0.433. The number of nitrogens with one attached hydrogen (secondary N) is 1. The lowest BCUT2D eigenvalue weighted by Crippen LogP contribution is -2.24. The Morgan fingerprint density at radius 2 is 2.55 bits per heavy atom. The summed E-state index contributed by atoms with van der Waals surface area (Å²) in [6, 6.07) is 1.95. The molecule has 1 aromatic rings. The fraction of sp³-hybridized carbons (Fsp3) is 0.429. The lowest BCUT2D eigenvalue weighted by atomic mass is 10.2. The average Bonchev–Trinajstić information content (AvgIpc) is 2.40. The van der Waals surface area contributed by atoms with E-state index < -0.39 is 0 Å². The largest absolute Gasteiger partial charge is 0.466 e. The topological polar surface area (TPSA) is 51.2 Å². The maximum Gasteiger partial charge on any atom is 0.136 e. The van der Waals surface area contributed by atoms with Crippen LogP contribution in [0.25, 0.3) is 0 Å². The number of nitrogens with two attached hydrogens (primary N) is 1. The zero-order valence-corrected chi connectivity index (χ0v) is 7.89. The standard InChI is InChI=1S/C7H11BrN2O/c1-10-6(4-9)7-5(8)2-3-11-7/h2-3,6,10H,4,9H2,1H3. The minimum atomic E-state index is 0.0966. The monoisotopic (exact) mass is 218 g/mol. The number of likely N-dealkylation sites (N-methyl/N-ethyl adjacent to an activating group) is 1. The summed E-state index contributed by atoms with van der Waals surface area (Å²) in [5.41, 5.74) is 5.50. The Morgan fingerprint density at radius 3 is 2.91 bits per heavy atom. The van der Waals surface area contributed by atoms with Gasteiger partial charge in [-0.1, -0.05) is 0 Å². The molecule has 4 heteroatoms. The maximum absolute atomic E-state index is 5.50. The van der Waals surface area contributed by atoms with Gasteiger partial charge in [0.25, 0.3) is 0 Å². The Labute approximate surface area is 74.1 Å². The van der Waals surface area contributed by atoms with Gasteiger partial charge in [0.1, 0.15) is 5.76 Å². The van der Waals surface area contributed by atoms with Gasteiger partial charge in [-0.05, 0) is 29.0 Å². The van der Waals surface area contributed by atoms with Crippen molar-refractivity contribution in [2.24, 2.45) is 5.73 Å². The normalized spacial score (nSPS) is 13.4. The molecule has 0 aliphatic rings. The second kappa shape index (κ2) is 3.90. The van der Waals surface area contributed by atoms with E-state index in [1.807, 2.05) is 13.1 Å². The molecule has 11 heavy (non-hydrogen) atoms. The quantitative estimate of drug-likeness (QED) is 0.804. The van der Waals surface area contributed by atoms with Crippen LogP contribution in [0.4, 0.5) is 0 Å². The van der Waals surface area contributed by atoms with Gasteiger partial charge < -0.3 is 15.5 Å². The molecule has 0 aliphatic carbocycles. The summed E-state index contributed by atoms with van der Waals surface area (Å²) in [5.74, 6) is 0.856. The summed E-state index contributed by atoms with van der Waals surface area (Å²) >= 11 is 3.36. The Bertz CT molecular complexity index is 220. The molecule has 1 atom stereocenters. The van der Waals surface area contributed by atoms with Gasteiger partial charge in [-0.15, -0.1) is 0 Å². The highest BCUT2D eigenvalue weighted by Crippen LogP contribution is 2.23. The lowest BCUT2D eigenvalue weighted by Gasteiger charge is -2.10. The molecule has 1 aromatic heterocycles. The van der Waals surface area contributed by atoms with Crippen LogP contribution in [-0.2, 0) is 0 Å². The van der Waals surface area contributed by atoms with E-state index in [1.54, 1.807) is 6.26 Å². The van der Waals surface area contributed by atoms with E-state index in [2.05, 4.69) is 21.2 Å². The van der Waals surface area contributed by atoms with E-state index in [4.69, 9.17) is 10.2 Å². The van der Waals surface area contributed by atoms with E-state index in [1.165, 1.54) is 0 Å². The van der Waals surface area contributed by atoms with Gasteiger partial charge in [0.05, 0.1) is 16.8 Å². The molecule has 0 saturated heterocycles. The summed E-state index contributed by atoms with van der Waals surface area (Å²) in [4.78, 5) is 0. The average molecular weight is 219 g/mol. The van der Waals surface area contributed by atoms with Gasteiger partial charge in [-0.3, -0.25) is 0 Å². The van der Waals surface area contributed by atoms with Crippen molar-refractivity contribution in [3.8, 4) is 0 Å². The molecule has 0 fully saturated rings. The highest BCUT2D eigenvalue weighted by atomic mass is 79.9. The molecular weight excluding hydrogens is 208 g/mol. The van der Waals surface area contributed by atoms with E-state index in [0.717, 1.165) is 10.2 Å². The van der Waals surface area contributed by atoms with Crippen molar-refractivity contribution in [1.82, 2.24) is 5.32 Å². The fourth-order valence-corrected chi connectivity index (χ4v) is 1.39. The maximum atomic E-state index is 5.50. The highest BCUT2D eigenvalue weighted by molar-refractivity contribution is 9.10. The van der Waals surface area contributed by atoms with Gasteiger partial charge in [0.15, 0.2) is 0 Å². The fourth-order valence-electron chi connectivity index (χ4n) is 0.910. The summed E-state index contributed by atoms with van der Waals surface area (Å²) < 4.78 is 6.18. The third kappa shape index (κ3) is 1.83. The van der Waals surface area contributed by atoms with E-state index in [0.29, 0.717) is 6.54 Å². The van der Waals surface area contributed by atoms with Crippen LogP contribution < -0.4 is 11.1 Å². The van der Waals surface area contributed by atoms with Crippen LogP contribution in [0.3, 0.4) is 0 Å². The van der Waals surface area contributed by atoms with Gasteiger partial charge in [-0.2, -0.15) is 0 Å². The smallest absolute Gasteiger partial charge is 0.136 e. The molecule has 1 rings (SSSR count). The summed E-state index contributed by atoms with van der Waals surface area (Å²) in [7, 11) is 1.85. The first kappa shape index (κ1) is 8.77. The zero-order valence-electron chi connectivity index (χ0n) is 6.30. The molecular formula is C7H11BrN2O. The van der Waals surface area contributed by atoms with Crippen LogP contribution in [-0.4, -0.2) is 13.6 Å². The summed E-state index contributed by atoms with van der Waals surface area (Å²) in [5, 5.41) is 3.05. The third-order valence-corrected chi connectivity index (χ3v) is 2.20. The molecule has 0 spiro atoms. The van der Waals surface area contributed by atoms with Crippen LogP contribution in [0, 0.1) is 0 Å². The predicted molar refractivity (Wildman–Crippen MR) is 47.3 cm³/mol. The van der Waals surface area contributed by atoms with Crippen molar-refractivity contribution in [2.45, 2.75) is 6.04 Å². The Kier molecular flexibility index (Phi) is 3.11. The van der Waals surface area contributed by atoms with Crippen LogP contribution in [0.1, 0.15) is 11.8 Å². The van der Waals surface area contributed by atoms with Crippen LogP contribution in [0.2, 0.25) is 0 Å². The number of halogens is 1. The van der Waals surface area contributed by atoms with Gasteiger partial charge in [-0.25, -0.2) is 0 Å². The minimum absolute atomic E-state index is 0.0966. The van der Waals surface area contributed by atoms with Crippen LogP contribution in [0.15, 0.2) is 21.2 Å². The SMILES string of the molecule is CNC(CN)c1occc1Br. The summed E-state index contributed by atoms with van der Waals surface area (Å²) in [6.07, 6.45) is 1.64. The zero-order chi connectivity index (χ0) is 8.27. The first-order valence-electron chi connectivity index (χ1n) is 3.39. The molecule has 3 N–H and O–H groups in total. The second-order valence-corrected chi connectivity index (χ2v) is 3.06. The molecule has 0 bridgehead atoms. The molecule has 0 saturated carbocycles. The van der Waals surface area contributed by atoms with E-state index in [9.17, 15) is 0 Å². The summed E-state index contributed by atoms with van der Waals surface area (Å²) in [6.45, 7) is 0.530.